The zero-order valence-electron chi connectivity index (χ0n) is 18.3. The molecule has 3 heterocycles. The molecule has 1 saturated heterocycles. The number of nitrogens with zero attached hydrogens (tertiary/aromatic N) is 2. The lowest BCUT2D eigenvalue weighted by Gasteiger charge is -2.40. The van der Waals surface area contributed by atoms with Crippen molar-refractivity contribution in [3.8, 4) is 17.0 Å². The standard InChI is InChI=1S/C21H24N2O8S/c1-10-17(11(2)31-23-10)18-15(7-6-8-22-18)30-21-20(29-14(5)26)19(28-13(4)25)16(9-32-21)27-12(3)24/h6-8,16,19-21H,9H2,1-5H3/t16-,19+,20-,21-/m1/s1. The molecule has 2 aromatic rings. The van der Waals surface area contributed by atoms with Gasteiger partial charge in [-0.2, -0.15) is 0 Å². The molecule has 4 atom stereocenters. The van der Waals surface area contributed by atoms with E-state index in [0.29, 0.717) is 28.5 Å². The molecule has 1 fully saturated rings. The largest absolute Gasteiger partial charge is 0.473 e. The van der Waals surface area contributed by atoms with Crippen LogP contribution in [0.15, 0.2) is 22.9 Å². The van der Waals surface area contributed by atoms with Crippen molar-refractivity contribution in [3.63, 3.8) is 0 Å². The SMILES string of the molecule is CC(=O)O[C@@H]1[C@@H](OC(C)=O)[C@H](OC(C)=O)CS[C@H]1Oc1cccnc1-c1c(C)noc1C. The fourth-order valence-electron chi connectivity index (χ4n) is 3.43. The summed E-state index contributed by atoms with van der Waals surface area (Å²) in [6.07, 6.45) is -1.26. The Bertz CT molecular complexity index is 988. The number of aryl methyl sites for hydroxylation is 2. The lowest BCUT2D eigenvalue weighted by molar-refractivity contribution is -0.186. The molecule has 0 radical (unpaired) electrons. The summed E-state index contributed by atoms with van der Waals surface area (Å²) in [5.41, 5.74) is 1.09. The zero-order chi connectivity index (χ0) is 23.4. The Balaban J connectivity index is 1.96. The highest BCUT2D eigenvalue weighted by Gasteiger charge is 2.48. The van der Waals surface area contributed by atoms with Crippen LogP contribution in [0.5, 0.6) is 5.75 Å². The average molecular weight is 464 g/mol. The highest BCUT2D eigenvalue weighted by Crippen LogP contribution is 2.38. The molecule has 2 aromatic heterocycles. The van der Waals surface area contributed by atoms with E-state index in [1.165, 1.54) is 32.5 Å². The van der Waals surface area contributed by atoms with Gasteiger partial charge in [-0.25, -0.2) is 0 Å². The molecule has 0 unspecified atom stereocenters. The van der Waals surface area contributed by atoms with Crippen molar-refractivity contribution in [2.24, 2.45) is 0 Å². The van der Waals surface area contributed by atoms with Crippen LogP contribution in [0, 0.1) is 13.8 Å². The van der Waals surface area contributed by atoms with Crippen LogP contribution in [0.25, 0.3) is 11.3 Å². The van der Waals surface area contributed by atoms with E-state index in [1.807, 2.05) is 0 Å². The second-order valence-electron chi connectivity index (χ2n) is 7.16. The Hall–Kier alpha value is -3.08. The second kappa shape index (κ2) is 10.0. The molecule has 11 heteroatoms. The zero-order valence-corrected chi connectivity index (χ0v) is 19.1. The van der Waals surface area contributed by atoms with Crippen molar-refractivity contribution in [2.75, 3.05) is 5.75 Å². The Morgan fingerprint density at radius 3 is 2.28 bits per heavy atom. The molecule has 0 bridgehead atoms. The summed E-state index contributed by atoms with van der Waals surface area (Å²) in [5, 5.41) is 3.97. The number of hydrogen-bond donors (Lipinski definition) is 0. The minimum atomic E-state index is -1.04. The minimum Gasteiger partial charge on any atom is -0.473 e. The second-order valence-corrected chi connectivity index (χ2v) is 8.30. The van der Waals surface area contributed by atoms with Crippen LogP contribution in [0.1, 0.15) is 32.2 Å². The third-order valence-electron chi connectivity index (χ3n) is 4.59. The van der Waals surface area contributed by atoms with Crippen LogP contribution in [-0.2, 0) is 28.6 Å². The van der Waals surface area contributed by atoms with Crippen molar-refractivity contribution >= 4 is 29.7 Å². The van der Waals surface area contributed by atoms with Crippen molar-refractivity contribution < 1.29 is 37.9 Å². The summed E-state index contributed by atoms with van der Waals surface area (Å²) < 4.78 is 27.7. The van der Waals surface area contributed by atoms with Crippen LogP contribution in [0.2, 0.25) is 0 Å². The number of esters is 3. The first-order chi connectivity index (χ1) is 15.2. The molecule has 0 aromatic carbocycles. The maximum absolute atomic E-state index is 11.8. The lowest BCUT2D eigenvalue weighted by atomic mass is 10.1. The highest BCUT2D eigenvalue weighted by molar-refractivity contribution is 7.99. The smallest absolute Gasteiger partial charge is 0.303 e. The molecular weight excluding hydrogens is 440 g/mol. The summed E-state index contributed by atoms with van der Waals surface area (Å²) in [4.78, 5) is 39.6. The highest BCUT2D eigenvalue weighted by atomic mass is 32.2. The maximum Gasteiger partial charge on any atom is 0.303 e. The Labute approximate surface area is 188 Å². The average Bonchev–Trinajstić information content (AvgIpc) is 3.04. The van der Waals surface area contributed by atoms with Gasteiger partial charge in [0.15, 0.2) is 23.7 Å². The van der Waals surface area contributed by atoms with Gasteiger partial charge in [0.2, 0.25) is 0 Å². The molecule has 1 aliphatic rings. The first kappa shape index (κ1) is 23.6. The monoisotopic (exact) mass is 464 g/mol. The van der Waals surface area contributed by atoms with E-state index in [-0.39, 0.29) is 5.75 Å². The number of carbonyl (C=O) groups excluding carboxylic acids is 3. The predicted molar refractivity (Wildman–Crippen MR) is 113 cm³/mol. The Morgan fingerprint density at radius 2 is 1.69 bits per heavy atom. The summed E-state index contributed by atoms with van der Waals surface area (Å²) in [6, 6.07) is 3.43. The summed E-state index contributed by atoms with van der Waals surface area (Å²) >= 11 is 1.27. The van der Waals surface area contributed by atoms with Crippen molar-refractivity contribution in [1.29, 1.82) is 0 Å². The van der Waals surface area contributed by atoms with E-state index < -0.39 is 41.7 Å². The molecule has 10 nitrogen and oxygen atoms in total. The van der Waals surface area contributed by atoms with Crippen molar-refractivity contribution in [1.82, 2.24) is 10.1 Å². The topological polar surface area (TPSA) is 127 Å². The van der Waals surface area contributed by atoms with Crippen LogP contribution in [0.4, 0.5) is 0 Å². The number of aromatic nitrogens is 2. The van der Waals surface area contributed by atoms with Gasteiger partial charge in [-0.15, -0.1) is 11.8 Å². The van der Waals surface area contributed by atoms with Gasteiger partial charge < -0.3 is 23.5 Å². The van der Waals surface area contributed by atoms with E-state index >= 15 is 0 Å². The number of thioether (sulfide) groups is 1. The Kier molecular flexibility index (Phi) is 7.39. The third kappa shape index (κ3) is 5.39. The first-order valence-corrected chi connectivity index (χ1v) is 10.9. The fourth-order valence-corrected chi connectivity index (χ4v) is 4.64. The van der Waals surface area contributed by atoms with E-state index in [0.717, 1.165) is 0 Å². The molecule has 3 rings (SSSR count). The molecular formula is C21H24N2O8S. The first-order valence-electron chi connectivity index (χ1n) is 9.85. The van der Waals surface area contributed by atoms with E-state index in [9.17, 15) is 14.4 Å². The van der Waals surface area contributed by atoms with Gasteiger partial charge in [-0.05, 0) is 26.0 Å². The number of pyridine rings is 1. The summed E-state index contributed by atoms with van der Waals surface area (Å²) in [7, 11) is 0. The quantitative estimate of drug-likeness (QED) is 0.462. The Morgan fingerprint density at radius 1 is 1.03 bits per heavy atom. The third-order valence-corrected chi connectivity index (χ3v) is 5.80. The van der Waals surface area contributed by atoms with E-state index in [4.69, 9.17) is 23.5 Å². The number of ether oxygens (including phenoxy) is 4. The van der Waals surface area contributed by atoms with Crippen LogP contribution in [-0.4, -0.2) is 57.5 Å². The summed E-state index contributed by atoms with van der Waals surface area (Å²) in [6.45, 7) is 7.28. The van der Waals surface area contributed by atoms with Gasteiger partial charge in [0.05, 0.1) is 11.3 Å². The molecule has 0 amide bonds. The molecule has 0 N–H and O–H groups in total. The van der Waals surface area contributed by atoms with Gasteiger partial charge in [-0.3, -0.25) is 19.4 Å². The fraction of sp³-hybridized carbons (Fsp3) is 0.476. The van der Waals surface area contributed by atoms with Crippen LogP contribution in [0.3, 0.4) is 0 Å². The molecule has 0 saturated carbocycles. The molecule has 1 aliphatic heterocycles. The normalized spacial score (nSPS) is 22.7. The van der Waals surface area contributed by atoms with Gasteiger partial charge in [0.25, 0.3) is 0 Å². The summed E-state index contributed by atoms with van der Waals surface area (Å²) in [5.74, 6) is -0.493. The van der Waals surface area contributed by atoms with Gasteiger partial charge in [0.1, 0.15) is 17.2 Å². The van der Waals surface area contributed by atoms with Crippen molar-refractivity contribution in [2.45, 2.75) is 58.4 Å². The lowest BCUT2D eigenvalue weighted by Crippen LogP contribution is -2.55. The van der Waals surface area contributed by atoms with Gasteiger partial charge in [0, 0.05) is 32.7 Å². The van der Waals surface area contributed by atoms with Gasteiger partial charge in [-0.1, -0.05) is 5.16 Å². The number of hydrogen-bond acceptors (Lipinski definition) is 11. The van der Waals surface area contributed by atoms with E-state index in [2.05, 4.69) is 10.1 Å². The van der Waals surface area contributed by atoms with E-state index in [1.54, 1.807) is 32.2 Å². The minimum absolute atomic E-state index is 0.265. The number of carbonyl (C=O) groups is 3. The maximum atomic E-state index is 11.8. The number of rotatable bonds is 6. The van der Waals surface area contributed by atoms with Crippen molar-refractivity contribution in [3.05, 3.63) is 29.8 Å². The van der Waals surface area contributed by atoms with Gasteiger partial charge >= 0.3 is 17.9 Å². The molecule has 0 spiro atoms. The molecule has 172 valence electrons. The molecule has 0 aliphatic carbocycles. The predicted octanol–water partition coefficient (Wildman–Crippen LogP) is 2.60. The molecule has 32 heavy (non-hydrogen) atoms. The van der Waals surface area contributed by atoms with Crippen LogP contribution >= 0.6 is 11.8 Å². The van der Waals surface area contributed by atoms with Crippen LogP contribution < -0.4 is 4.74 Å².